The first-order valence-electron chi connectivity index (χ1n) is 5.72. The highest BCUT2D eigenvalue weighted by Crippen LogP contribution is 2.03. The van der Waals surface area contributed by atoms with Gasteiger partial charge < -0.3 is 15.6 Å². The molecule has 0 atom stereocenters. The maximum atomic E-state index is 12.9. The maximum Gasteiger partial charge on any atom is 0.315 e. The van der Waals surface area contributed by atoms with Crippen molar-refractivity contribution in [2.75, 3.05) is 6.54 Å². The zero-order valence-electron chi connectivity index (χ0n) is 10.3. The molecule has 3 N–H and O–H groups in total. The lowest BCUT2D eigenvalue weighted by molar-refractivity contribution is 0.0948. The molecule has 1 aromatic carbocycles. The minimum Gasteiger partial charge on any atom is -0.361 e. The number of carbonyl (C=O) groups excluding carboxylic acids is 2. The van der Waals surface area contributed by atoms with Crippen molar-refractivity contribution in [1.82, 2.24) is 15.5 Å². The molecule has 0 aliphatic heterocycles. The second-order valence-corrected chi connectivity index (χ2v) is 3.90. The molecule has 7 nitrogen and oxygen atoms in total. The largest absolute Gasteiger partial charge is 0.361 e. The van der Waals surface area contributed by atoms with Gasteiger partial charge in [0, 0.05) is 18.5 Å². The highest BCUT2D eigenvalue weighted by molar-refractivity contribution is 5.94. The molecular weight excluding hydrogens is 267 g/mol. The molecule has 104 valence electrons. The van der Waals surface area contributed by atoms with Crippen LogP contribution in [0.5, 0.6) is 0 Å². The molecule has 2 rings (SSSR count). The molecule has 0 aliphatic carbocycles. The van der Waals surface area contributed by atoms with Gasteiger partial charge in [0.25, 0.3) is 5.91 Å². The number of nitrogens with zero attached hydrogens (tertiary/aromatic N) is 2. The fourth-order valence-electron chi connectivity index (χ4n) is 1.48. The van der Waals surface area contributed by atoms with E-state index in [1.54, 1.807) is 0 Å². The van der Waals surface area contributed by atoms with E-state index in [0.717, 1.165) is 6.07 Å². The Morgan fingerprint density at radius 1 is 1.40 bits per heavy atom. The lowest BCUT2D eigenvalue weighted by atomic mass is 10.2. The summed E-state index contributed by atoms with van der Waals surface area (Å²) < 4.78 is 17.5. The Morgan fingerprint density at radius 2 is 2.20 bits per heavy atom. The molecule has 0 saturated heterocycles. The standard InChI is InChI=1S/C12H11FN4O3/c13-8-3-1-2-7(6-8)11(19)15-5-4-9-16-12(10(14)18)20-17-9/h1-3,6H,4-5H2,(H2,14,18)(H,15,19). The van der Waals surface area contributed by atoms with Gasteiger partial charge >= 0.3 is 11.8 Å². The Labute approximate surface area is 113 Å². The van der Waals surface area contributed by atoms with E-state index in [1.807, 2.05) is 0 Å². The summed E-state index contributed by atoms with van der Waals surface area (Å²) in [7, 11) is 0. The number of amides is 2. The van der Waals surface area contributed by atoms with Crippen molar-refractivity contribution in [3.8, 4) is 0 Å². The molecular formula is C12H11FN4O3. The molecule has 1 aromatic heterocycles. The summed E-state index contributed by atoms with van der Waals surface area (Å²) in [5, 5.41) is 6.09. The van der Waals surface area contributed by atoms with Crippen LogP contribution >= 0.6 is 0 Å². The summed E-state index contributed by atoms with van der Waals surface area (Å²) in [5.41, 5.74) is 5.17. The minimum absolute atomic E-state index is 0.215. The van der Waals surface area contributed by atoms with Crippen molar-refractivity contribution in [2.24, 2.45) is 5.73 Å². The van der Waals surface area contributed by atoms with Crippen LogP contribution in [0.3, 0.4) is 0 Å². The summed E-state index contributed by atoms with van der Waals surface area (Å²) >= 11 is 0. The van der Waals surface area contributed by atoms with Crippen molar-refractivity contribution in [3.05, 3.63) is 47.4 Å². The quantitative estimate of drug-likeness (QED) is 0.816. The van der Waals surface area contributed by atoms with E-state index in [-0.39, 0.29) is 30.2 Å². The molecule has 1 heterocycles. The number of hydrogen-bond donors (Lipinski definition) is 2. The molecule has 0 bridgehead atoms. The SMILES string of the molecule is NC(=O)c1nc(CCNC(=O)c2cccc(F)c2)no1. The Bertz CT molecular complexity index is 641. The topological polar surface area (TPSA) is 111 Å². The van der Waals surface area contributed by atoms with Gasteiger partial charge in [0.1, 0.15) is 5.82 Å². The third-order valence-electron chi connectivity index (χ3n) is 2.40. The average Bonchev–Trinajstić information content (AvgIpc) is 2.87. The molecule has 0 unspecified atom stereocenters. The number of rotatable bonds is 5. The van der Waals surface area contributed by atoms with Gasteiger partial charge in [0.05, 0.1) is 0 Å². The second-order valence-electron chi connectivity index (χ2n) is 3.90. The molecule has 0 saturated carbocycles. The van der Waals surface area contributed by atoms with Crippen LogP contribution in [0, 0.1) is 5.82 Å². The molecule has 0 aliphatic rings. The van der Waals surface area contributed by atoms with Gasteiger partial charge in [-0.2, -0.15) is 4.98 Å². The Kier molecular flexibility index (Phi) is 4.04. The van der Waals surface area contributed by atoms with E-state index >= 15 is 0 Å². The van der Waals surface area contributed by atoms with Crippen LogP contribution in [-0.4, -0.2) is 28.5 Å². The lowest BCUT2D eigenvalue weighted by Gasteiger charge is -2.03. The number of hydrogen-bond acceptors (Lipinski definition) is 5. The number of nitrogens with one attached hydrogen (secondary N) is 1. The number of carbonyl (C=O) groups is 2. The number of primary amides is 1. The van der Waals surface area contributed by atoms with E-state index in [9.17, 15) is 14.0 Å². The molecule has 0 fully saturated rings. The number of nitrogens with two attached hydrogens (primary N) is 1. The second kappa shape index (κ2) is 5.91. The van der Waals surface area contributed by atoms with Gasteiger partial charge in [0.15, 0.2) is 5.82 Å². The Balaban J connectivity index is 1.86. The van der Waals surface area contributed by atoms with Crippen LogP contribution in [-0.2, 0) is 6.42 Å². The Hall–Kier alpha value is -2.77. The van der Waals surface area contributed by atoms with Crippen LogP contribution < -0.4 is 11.1 Å². The molecule has 2 amide bonds. The third kappa shape index (κ3) is 3.37. The maximum absolute atomic E-state index is 12.9. The van der Waals surface area contributed by atoms with Crippen LogP contribution in [0.25, 0.3) is 0 Å². The monoisotopic (exact) mass is 278 g/mol. The number of halogens is 1. The predicted molar refractivity (Wildman–Crippen MR) is 65.3 cm³/mol. The number of benzene rings is 1. The molecule has 20 heavy (non-hydrogen) atoms. The van der Waals surface area contributed by atoms with Crippen molar-refractivity contribution in [3.63, 3.8) is 0 Å². The minimum atomic E-state index is -0.812. The fraction of sp³-hybridized carbons (Fsp3) is 0.167. The molecule has 0 radical (unpaired) electrons. The van der Waals surface area contributed by atoms with E-state index < -0.39 is 17.6 Å². The summed E-state index contributed by atoms with van der Waals surface area (Å²) in [6, 6.07) is 5.33. The summed E-state index contributed by atoms with van der Waals surface area (Å²) in [5.74, 6) is -1.74. The van der Waals surface area contributed by atoms with Crippen LogP contribution in [0.15, 0.2) is 28.8 Å². The van der Waals surface area contributed by atoms with Crippen molar-refractivity contribution in [2.45, 2.75) is 6.42 Å². The van der Waals surface area contributed by atoms with E-state index in [0.29, 0.717) is 0 Å². The normalized spacial score (nSPS) is 10.2. The molecule has 0 spiro atoms. The highest BCUT2D eigenvalue weighted by atomic mass is 19.1. The van der Waals surface area contributed by atoms with Crippen molar-refractivity contribution < 1.29 is 18.5 Å². The van der Waals surface area contributed by atoms with Gasteiger partial charge in [-0.15, -0.1) is 0 Å². The molecule has 8 heteroatoms. The highest BCUT2D eigenvalue weighted by Gasteiger charge is 2.11. The molecule has 2 aromatic rings. The first-order chi connectivity index (χ1) is 9.56. The zero-order chi connectivity index (χ0) is 14.5. The van der Waals surface area contributed by atoms with Gasteiger partial charge in [0.2, 0.25) is 0 Å². The average molecular weight is 278 g/mol. The van der Waals surface area contributed by atoms with Gasteiger partial charge in [-0.05, 0) is 18.2 Å². The van der Waals surface area contributed by atoms with E-state index in [1.165, 1.54) is 18.2 Å². The summed E-state index contributed by atoms with van der Waals surface area (Å²) in [6.45, 7) is 0.215. The first kappa shape index (κ1) is 13.7. The van der Waals surface area contributed by atoms with Crippen LogP contribution in [0.1, 0.15) is 26.9 Å². The third-order valence-corrected chi connectivity index (χ3v) is 2.40. The van der Waals surface area contributed by atoms with E-state index in [2.05, 4.69) is 20.0 Å². The lowest BCUT2D eigenvalue weighted by Crippen LogP contribution is -2.26. The van der Waals surface area contributed by atoms with E-state index in [4.69, 9.17) is 5.73 Å². The van der Waals surface area contributed by atoms with Crippen molar-refractivity contribution in [1.29, 1.82) is 0 Å². The zero-order valence-corrected chi connectivity index (χ0v) is 10.3. The van der Waals surface area contributed by atoms with Crippen LogP contribution in [0.2, 0.25) is 0 Å². The Morgan fingerprint density at radius 3 is 2.85 bits per heavy atom. The summed E-state index contributed by atoms with van der Waals surface area (Å²) in [6.07, 6.45) is 0.262. The smallest absolute Gasteiger partial charge is 0.315 e. The summed E-state index contributed by atoms with van der Waals surface area (Å²) in [4.78, 5) is 26.1. The predicted octanol–water partition coefficient (Wildman–Crippen LogP) is 0.280. The van der Waals surface area contributed by atoms with Gasteiger partial charge in [-0.3, -0.25) is 9.59 Å². The fourth-order valence-corrected chi connectivity index (χ4v) is 1.48. The number of aromatic nitrogens is 2. The van der Waals surface area contributed by atoms with Crippen molar-refractivity contribution >= 4 is 11.8 Å². The van der Waals surface area contributed by atoms with Gasteiger partial charge in [-0.25, -0.2) is 4.39 Å². The first-order valence-corrected chi connectivity index (χ1v) is 5.72. The van der Waals surface area contributed by atoms with Gasteiger partial charge in [-0.1, -0.05) is 11.2 Å². The van der Waals surface area contributed by atoms with Crippen LogP contribution in [0.4, 0.5) is 4.39 Å².